The molecule has 0 radical (unpaired) electrons. The Hall–Kier alpha value is -1.79. The first-order valence-corrected chi connectivity index (χ1v) is 6.91. The van der Waals surface area contributed by atoms with E-state index in [1.165, 1.54) is 12.4 Å². The van der Waals surface area contributed by atoms with E-state index < -0.39 is 6.55 Å². The highest BCUT2D eigenvalue weighted by Crippen LogP contribution is 2.19. The van der Waals surface area contributed by atoms with Crippen LogP contribution in [-0.2, 0) is 6.54 Å². The van der Waals surface area contributed by atoms with Crippen molar-refractivity contribution in [3.8, 4) is 0 Å². The van der Waals surface area contributed by atoms with Crippen molar-refractivity contribution in [2.45, 2.75) is 32.0 Å². The summed E-state index contributed by atoms with van der Waals surface area (Å²) >= 11 is 0. The van der Waals surface area contributed by atoms with Gasteiger partial charge < -0.3 is 10.4 Å². The number of rotatable bonds is 8. The summed E-state index contributed by atoms with van der Waals surface area (Å²) in [6.45, 7) is -2.23. The minimum atomic E-state index is -2.59. The molecule has 4 nitrogen and oxygen atoms in total. The van der Waals surface area contributed by atoms with Gasteiger partial charge in [-0.05, 0) is 18.4 Å². The van der Waals surface area contributed by atoms with Crippen LogP contribution in [0.4, 0.5) is 8.78 Å². The highest BCUT2D eigenvalue weighted by molar-refractivity contribution is 5.18. The molecule has 0 saturated heterocycles. The van der Waals surface area contributed by atoms with Crippen molar-refractivity contribution < 1.29 is 13.9 Å². The predicted octanol–water partition coefficient (Wildman–Crippen LogP) is 2.88. The lowest BCUT2D eigenvalue weighted by Gasteiger charge is -2.19. The van der Waals surface area contributed by atoms with Gasteiger partial charge in [0.2, 0.25) is 0 Å². The molecule has 0 aliphatic carbocycles. The molecule has 0 bridgehead atoms. The van der Waals surface area contributed by atoms with E-state index in [0.717, 1.165) is 16.6 Å². The molecule has 0 aliphatic heterocycles. The van der Waals surface area contributed by atoms with Crippen molar-refractivity contribution >= 4 is 0 Å². The summed E-state index contributed by atoms with van der Waals surface area (Å²) in [5.41, 5.74) is 1.07. The van der Waals surface area contributed by atoms with Gasteiger partial charge in [-0.25, -0.2) is 4.98 Å². The third-order valence-corrected chi connectivity index (χ3v) is 3.32. The number of aromatic nitrogens is 2. The zero-order chi connectivity index (χ0) is 15.1. The highest BCUT2D eigenvalue weighted by Gasteiger charge is 2.14. The summed E-state index contributed by atoms with van der Waals surface area (Å²) in [7, 11) is 0. The standard InChI is InChI=1S/C15H19F2N3O/c16-15(17)20-9-8-18-14(20)11-19-13(7-4-10-21)12-5-2-1-3-6-12/h1-3,5-6,8-9,13,15,19,21H,4,7,10-11H2. The van der Waals surface area contributed by atoms with Gasteiger partial charge >= 0.3 is 6.55 Å². The molecule has 0 fully saturated rings. The van der Waals surface area contributed by atoms with Crippen molar-refractivity contribution in [3.63, 3.8) is 0 Å². The lowest BCUT2D eigenvalue weighted by molar-refractivity contribution is 0.0664. The summed E-state index contributed by atoms with van der Waals surface area (Å²) in [4.78, 5) is 3.95. The van der Waals surface area contributed by atoms with E-state index in [1.807, 2.05) is 30.3 Å². The third kappa shape index (κ3) is 4.34. The van der Waals surface area contributed by atoms with Gasteiger partial charge in [0.25, 0.3) is 0 Å². The van der Waals surface area contributed by atoms with Crippen LogP contribution in [0.3, 0.4) is 0 Å². The molecule has 2 N–H and O–H groups in total. The maximum absolute atomic E-state index is 12.8. The molecule has 0 spiro atoms. The molecule has 1 unspecified atom stereocenters. The Morgan fingerprint density at radius 2 is 2.00 bits per heavy atom. The third-order valence-electron chi connectivity index (χ3n) is 3.32. The number of aliphatic hydroxyl groups excluding tert-OH is 1. The first kappa shape index (κ1) is 15.6. The van der Waals surface area contributed by atoms with E-state index in [1.54, 1.807) is 0 Å². The fourth-order valence-corrected chi connectivity index (χ4v) is 2.24. The average Bonchev–Trinajstić information content (AvgIpc) is 2.97. The maximum Gasteiger partial charge on any atom is 0.319 e. The molecule has 1 atom stereocenters. The van der Waals surface area contributed by atoms with E-state index in [9.17, 15) is 8.78 Å². The Kier molecular flexibility index (Phi) is 5.83. The predicted molar refractivity (Wildman–Crippen MR) is 75.8 cm³/mol. The van der Waals surface area contributed by atoms with Gasteiger partial charge in [0.05, 0.1) is 6.54 Å². The molecule has 114 valence electrons. The molecule has 21 heavy (non-hydrogen) atoms. The van der Waals surface area contributed by atoms with Gasteiger partial charge in [-0.1, -0.05) is 30.3 Å². The molecule has 0 aliphatic rings. The number of hydrogen-bond acceptors (Lipinski definition) is 3. The summed E-state index contributed by atoms with van der Waals surface area (Å²) in [5, 5.41) is 12.2. The van der Waals surface area contributed by atoms with Crippen LogP contribution in [-0.4, -0.2) is 21.3 Å². The largest absolute Gasteiger partial charge is 0.396 e. The molecule has 2 rings (SSSR count). The van der Waals surface area contributed by atoms with Crippen molar-refractivity contribution in [2.24, 2.45) is 0 Å². The first-order chi connectivity index (χ1) is 10.2. The van der Waals surface area contributed by atoms with Gasteiger partial charge in [0.1, 0.15) is 5.82 Å². The van der Waals surface area contributed by atoms with Gasteiger partial charge in [0.15, 0.2) is 0 Å². The zero-order valence-corrected chi connectivity index (χ0v) is 11.6. The molecule has 0 saturated carbocycles. The smallest absolute Gasteiger partial charge is 0.319 e. The monoisotopic (exact) mass is 295 g/mol. The second-order valence-corrected chi connectivity index (χ2v) is 4.74. The van der Waals surface area contributed by atoms with E-state index in [2.05, 4.69) is 10.3 Å². The minimum absolute atomic E-state index is 0.00109. The topological polar surface area (TPSA) is 50.1 Å². The molecule has 2 aromatic rings. The SMILES string of the molecule is OCCCC(NCc1nccn1C(F)F)c1ccccc1. The molecule has 1 aromatic heterocycles. The number of aliphatic hydroxyl groups is 1. The van der Waals surface area contributed by atoms with Crippen molar-refractivity contribution in [1.82, 2.24) is 14.9 Å². The number of imidazole rings is 1. The normalized spacial score (nSPS) is 12.8. The van der Waals surface area contributed by atoms with Crippen LogP contribution in [0, 0.1) is 0 Å². The van der Waals surface area contributed by atoms with Gasteiger partial charge in [-0.15, -0.1) is 0 Å². The maximum atomic E-state index is 12.8. The van der Waals surface area contributed by atoms with E-state index >= 15 is 0 Å². The second-order valence-electron chi connectivity index (χ2n) is 4.74. The number of hydrogen-bond donors (Lipinski definition) is 2. The summed E-state index contributed by atoms with van der Waals surface area (Å²) in [6, 6.07) is 9.76. The van der Waals surface area contributed by atoms with Crippen LogP contribution >= 0.6 is 0 Å². The number of halogens is 2. The van der Waals surface area contributed by atoms with E-state index in [-0.39, 0.29) is 19.2 Å². The lowest BCUT2D eigenvalue weighted by atomic mass is 10.0. The van der Waals surface area contributed by atoms with Crippen molar-refractivity contribution in [2.75, 3.05) is 6.61 Å². The average molecular weight is 295 g/mol. The van der Waals surface area contributed by atoms with Crippen molar-refractivity contribution in [3.05, 3.63) is 54.1 Å². The number of benzene rings is 1. The van der Waals surface area contributed by atoms with Gasteiger partial charge in [0, 0.05) is 25.0 Å². The molecular formula is C15H19F2N3O. The number of nitrogens with zero attached hydrogens (tertiary/aromatic N) is 2. The van der Waals surface area contributed by atoms with E-state index in [0.29, 0.717) is 12.2 Å². The van der Waals surface area contributed by atoms with Crippen LogP contribution in [0.5, 0.6) is 0 Å². The zero-order valence-electron chi connectivity index (χ0n) is 11.6. The molecular weight excluding hydrogens is 276 g/mol. The Labute approximate surface area is 122 Å². The van der Waals surface area contributed by atoms with E-state index in [4.69, 9.17) is 5.11 Å². The van der Waals surface area contributed by atoms with Crippen LogP contribution in [0.25, 0.3) is 0 Å². The van der Waals surface area contributed by atoms with Crippen LogP contribution in [0.15, 0.2) is 42.7 Å². The van der Waals surface area contributed by atoms with Crippen LogP contribution < -0.4 is 5.32 Å². The van der Waals surface area contributed by atoms with Crippen molar-refractivity contribution in [1.29, 1.82) is 0 Å². The second kappa shape index (κ2) is 7.85. The van der Waals surface area contributed by atoms with Crippen LogP contribution in [0.1, 0.15) is 36.8 Å². The van der Waals surface area contributed by atoms with Gasteiger partial charge in [-0.3, -0.25) is 4.57 Å². The Bertz CT molecular complexity index is 531. The fourth-order valence-electron chi connectivity index (χ4n) is 2.24. The molecule has 1 heterocycles. The number of alkyl halides is 2. The first-order valence-electron chi connectivity index (χ1n) is 6.91. The molecule has 1 aromatic carbocycles. The minimum Gasteiger partial charge on any atom is -0.396 e. The van der Waals surface area contributed by atoms with Crippen LogP contribution in [0.2, 0.25) is 0 Å². The summed E-state index contributed by atoms with van der Waals surface area (Å²) < 4.78 is 26.4. The summed E-state index contributed by atoms with van der Waals surface area (Å²) in [5.74, 6) is 0.301. The Morgan fingerprint density at radius 3 is 2.67 bits per heavy atom. The lowest BCUT2D eigenvalue weighted by Crippen LogP contribution is -2.23. The quantitative estimate of drug-likeness (QED) is 0.787. The number of nitrogens with one attached hydrogen (secondary N) is 1. The molecule has 6 heteroatoms. The highest BCUT2D eigenvalue weighted by atomic mass is 19.3. The van der Waals surface area contributed by atoms with Gasteiger partial charge in [-0.2, -0.15) is 8.78 Å². The fraction of sp³-hybridized carbons (Fsp3) is 0.400. The molecule has 0 amide bonds. The Morgan fingerprint density at radius 1 is 1.24 bits per heavy atom. The summed E-state index contributed by atoms with van der Waals surface area (Å²) in [6.07, 6.45) is 4.02. The Balaban J connectivity index is 2.03.